The molecule has 9 nitrogen and oxygen atoms in total. The Bertz CT molecular complexity index is 770. The van der Waals surface area contributed by atoms with Gasteiger partial charge < -0.3 is 10.4 Å². The molecule has 0 saturated heterocycles. The number of carboxylic acid groups (broad SMARTS) is 1. The third-order valence-corrected chi connectivity index (χ3v) is 3.96. The molecule has 0 amide bonds. The molecule has 124 valence electrons. The Labute approximate surface area is 133 Å². The molecule has 0 aliphatic rings. The number of aromatic nitrogens is 3. The molecule has 2 rings (SSSR count). The molecule has 0 unspecified atom stereocenters. The molecule has 23 heavy (non-hydrogen) atoms. The lowest BCUT2D eigenvalue weighted by Gasteiger charge is -2.04. The maximum Gasteiger partial charge on any atom is 0.325 e. The van der Waals surface area contributed by atoms with E-state index in [-0.39, 0.29) is 11.4 Å². The van der Waals surface area contributed by atoms with Crippen LogP contribution in [0.4, 0.5) is 0 Å². The first kappa shape index (κ1) is 17.1. The van der Waals surface area contributed by atoms with Crippen LogP contribution in [0.5, 0.6) is 0 Å². The molecule has 10 heteroatoms. The first-order valence-corrected chi connectivity index (χ1v) is 8.32. The number of carboxylic acids is 1. The molecule has 0 fully saturated rings. The first-order chi connectivity index (χ1) is 10.8. The van der Waals surface area contributed by atoms with Crippen LogP contribution in [0.15, 0.2) is 35.4 Å². The number of hydrogen-bond acceptors (Lipinski definition) is 6. The van der Waals surface area contributed by atoms with Crippen molar-refractivity contribution in [1.29, 1.82) is 0 Å². The summed E-state index contributed by atoms with van der Waals surface area (Å²) in [4.78, 5) is 10.6. The van der Waals surface area contributed by atoms with Crippen LogP contribution in [-0.2, 0) is 34.3 Å². The van der Waals surface area contributed by atoms with E-state index in [0.717, 1.165) is 5.56 Å². The van der Waals surface area contributed by atoms with Crippen molar-refractivity contribution in [3.8, 4) is 0 Å². The van der Waals surface area contributed by atoms with Crippen LogP contribution in [0.3, 0.4) is 0 Å². The Hall–Kier alpha value is -2.30. The van der Waals surface area contributed by atoms with Crippen molar-refractivity contribution in [3.05, 3.63) is 41.7 Å². The Morgan fingerprint density at radius 1 is 1.30 bits per heavy atom. The Morgan fingerprint density at radius 3 is 2.61 bits per heavy atom. The minimum atomic E-state index is -3.66. The molecule has 1 aromatic heterocycles. The summed E-state index contributed by atoms with van der Waals surface area (Å²) in [6.45, 7) is 0.902. The standard InChI is InChI=1S/C13H17N5O4S/c14-23(21,22)12-3-1-10(2-4-12)5-6-15-7-11-8-18(17-16-11)9-13(19)20/h1-4,8,15H,5-7,9H2,(H,19,20)(H2,14,21,22). The summed E-state index contributed by atoms with van der Waals surface area (Å²) in [5.74, 6) is -0.975. The van der Waals surface area contributed by atoms with Gasteiger partial charge in [0.1, 0.15) is 6.54 Å². The fourth-order valence-electron chi connectivity index (χ4n) is 1.93. The van der Waals surface area contributed by atoms with Gasteiger partial charge >= 0.3 is 5.97 Å². The quantitative estimate of drug-likeness (QED) is 0.542. The summed E-state index contributed by atoms with van der Waals surface area (Å²) in [5, 5.41) is 24.4. The number of carbonyl (C=O) groups is 1. The lowest BCUT2D eigenvalue weighted by molar-refractivity contribution is -0.137. The van der Waals surface area contributed by atoms with Gasteiger partial charge in [0.15, 0.2) is 0 Å². The number of nitrogens with one attached hydrogen (secondary N) is 1. The highest BCUT2D eigenvalue weighted by molar-refractivity contribution is 7.89. The highest BCUT2D eigenvalue weighted by atomic mass is 32.2. The molecule has 1 heterocycles. The average molecular weight is 339 g/mol. The molecule has 0 atom stereocenters. The molecular formula is C13H17N5O4S. The van der Waals surface area contributed by atoms with Crippen molar-refractivity contribution in [3.63, 3.8) is 0 Å². The fraction of sp³-hybridized carbons (Fsp3) is 0.308. The van der Waals surface area contributed by atoms with Gasteiger partial charge in [0, 0.05) is 6.54 Å². The molecule has 0 aliphatic heterocycles. The van der Waals surface area contributed by atoms with Gasteiger partial charge in [-0.25, -0.2) is 18.2 Å². The Kier molecular flexibility index (Phi) is 5.42. The van der Waals surface area contributed by atoms with Crippen molar-refractivity contribution in [1.82, 2.24) is 20.3 Å². The average Bonchev–Trinajstić information content (AvgIpc) is 2.90. The Morgan fingerprint density at radius 2 is 2.00 bits per heavy atom. The number of hydrogen-bond donors (Lipinski definition) is 3. The van der Waals surface area contributed by atoms with Crippen LogP contribution in [0.2, 0.25) is 0 Å². The monoisotopic (exact) mass is 339 g/mol. The van der Waals surface area contributed by atoms with Gasteiger partial charge in [0.05, 0.1) is 16.8 Å². The van der Waals surface area contributed by atoms with E-state index in [0.29, 0.717) is 25.2 Å². The summed E-state index contributed by atoms with van der Waals surface area (Å²) >= 11 is 0. The zero-order valence-electron chi connectivity index (χ0n) is 12.2. The van der Waals surface area contributed by atoms with E-state index >= 15 is 0 Å². The van der Waals surface area contributed by atoms with Crippen molar-refractivity contribution in [2.45, 2.75) is 24.4 Å². The van der Waals surface area contributed by atoms with Crippen LogP contribution in [0.1, 0.15) is 11.3 Å². The SMILES string of the molecule is NS(=O)(=O)c1ccc(CCNCc2cn(CC(=O)O)nn2)cc1. The lowest BCUT2D eigenvalue weighted by atomic mass is 10.1. The molecular weight excluding hydrogens is 322 g/mol. The van der Waals surface area contributed by atoms with Crippen molar-refractivity contribution in [2.24, 2.45) is 5.14 Å². The molecule has 0 bridgehead atoms. The highest BCUT2D eigenvalue weighted by Crippen LogP contribution is 2.08. The molecule has 0 radical (unpaired) electrons. The molecule has 1 aromatic carbocycles. The Balaban J connectivity index is 1.77. The third-order valence-electron chi connectivity index (χ3n) is 3.03. The summed E-state index contributed by atoms with van der Waals surface area (Å²) in [6, 6.07) is 6.37. The van der Waals surface area contributed by atoms with Gasteiger partial charge in [-0.05, 0) is 30.7 Å². The predicted molar refractivity (Wildman–Crippen MR) is 80.9 cm³/mol. The van der Waals surface area contributed by atoms with Gasteiger partial charge in [-0.2, -0.15) is 0 Å². The number of rotatable bonds is 8. The van der Waals surface area contributed by atoms with Crippen LogP contribution in [0.25, 0.3) is 0 Å². The zero-order chi connectivity index (χ0) is 16.9. The number of nitrogens with zero attached hydrogens (tertiary/aromatic N) is 3. The normalized spacial score (nSPS) is 11.5. The van der Waals surface area contributed by atoms with Crippen molar-refractivity contribution >= 4 is 16.0 Å². The van der Waals surface area contributed by atoms with Crippen molar-refractivity contribution in [2.75, 3.05) is 6.54 Å². The van der Waals surface area contributed by atoms with E-state index in [1.807, 2.05) is 0 Å². The highest BCUT2D eigenvalue weighted by Gasteiger charge is 2.07. The van der Waals surface area contributed by atoms with Gasteiger partial charge in [0.2, 0.25) is 10.0 Å². The third kappa shape index (κ3) is 5.43. The van der Waals surface area contributed by atoms with E-state index < -0.39 is 16.0 Å². The fourth-order valence-corrected chi connectivity index (χ4v) is 2.45. The largest absolute Gasteiger partial charge is 0.480 e. The minimum absolute atomic E-state index is 0.0873. The number of nitrogens with two attached hydrogens (primary N) is 1. The maximum absolute atomic E-state index is 11.1. The van der Waals surface area contributed by atoms with Crippen LogP contribution in [-0.4, -0.2) is 41.0 Å². The van der Waals surface area contributed by atoms with Crippen LogP contribution >= 0.6 is 0 Å². The number of aliphatic carboxylic acids is 1. The summed E-state index contributed by atoms with van der Waals surface area (Å²) in [6.07, 6.45) is 2.27. The number of primary sulfonamides is 1. The van der Waals surface area contributed by atoms with Gasteiger partial charge in [-0.1, -0.05) is 17.3 Å². The lowest BCUT2D eigenvalue weighted by Crippen LogP contribution is -2.17. The van der Waals surface area contributed by atoms with Gasteiger partial charge in [-0.3, -0.25) is 4.79 Å². The van der Waals surface area contributed by atoms with E-state index in [2.05, 4.69) is 15.6 Å². The predicted octanol–water partition coefficient (Wildman–Crippen LogP) is -0.658. The topological polar surface area (TPSA) is 140 Å². The zero-order valence-corrected chi connectivity index (χ0v) is 13.0. The van der Waals surface area contributed by atoms with E-state index in [1.165, 1.54) is 16.8 Å². The second-order valence-electron chi connectivity index (χ2n) is 4.92. The second kappa shape index (κ2) is 7.31. The van der Waals surface area contributed by atoms with Crippen molar-refractivity contribution < 1.29 is 18.3 Å². The molecule has 0 aliphatic carbocycles. The number of sulfonamides is 1. The smallest absolute Gasteiger partial charge is 0.325 e. The van der Waals surface area contributed by atoms with E-state index in [1.54, 1.807) is 18.3 Å². The second-order valence-corrected chi connectivity index (χ2v) is 6.48. The number of benzene rings is 1. The van der Waals surface area contributed by atoms with E-state index in [4.69, 9.17) is 10.2 Å². The first-order valence-electron chi connectivity index (χ1n) is 6.78. The summed E-state index contributed by atoms with van der Waals surface area (Å²) in [7, 11) is -3.66. The van der Waals surface area contributed by atoms with E-state index in [9.17, 15) is 13.2 Å². The molecule has 4 N–H and O–H groups in total. The van der Waals surface area contributed by atoms with Crippen LogP contribution in [0, 0.1) is 0 Å². The minimum Gasteiger partial charge on any atom is -0.480 e. The van der Waals surface area contributed by atoms with Gasteiger partial charge in [0.25, 0.3) is 0 Å². The molecule has 0 saturated carbocycles. The molecule has 0 spiro atoms. The summed E-state index contributed by atoms with van der Waals surface area (Å²) < 4.78 is 23.5. The molecule has 2 aromatic rings. The van der Waals surface area contributed by atoms with Crippen LogP contribution < -0.4 is 10.5 Å². The maximum atomic E-state index is 11.1. The summed E-state index contributed by atoms with van der Waals surface area (Å²) in [5.41, 5.74) is 1.62. The van der Waals surface area contributed by atoms with Gasteiger partial charge in [-0.15, -0.1) is 5.10 Å².